The number of piperidine rings is 1. The van der Waals surface area contributed by atoms with E-state index < -0.39 is 0 Å². The van der Waals surface area contributed by atoms with Crippen LogP contribution < -0.4 is 4.90 Å². The lowest BCUT2D eigenvalue weighted by atomic mass is 10.1. The lowest BCUT2D eigenvalue weighted by Crippen LogP contribution is -2.38. The number of aliphatic hydroxyl groups is 2. The Hall–Kier alpha value is -1.17. The minimum atomic E-state index is 0.0578. The minimum Gasteiger partial charge on any atom is -0.394 e. The van der Waals surface area contributed by atoms with Gasteiger partial charge >= 0.3 is 0 Å². The Bertz CT molecular complexity index is 432. The van der Waals surface area contributed by atoms with Gasteiger partial charge in [-0.15, -0.1) is 0 Å². The molecule has 0 radical (unpaired) electrons. The van der Waals surface area contributed by atoms with Crippen molar-refractivity contribution in [2.45, 2.75) is 45.3 Å². The summed E-state index contributed by atoms with van der Waals surface area (Å²) in [6.07, 6.45) is 4.14. The lowest BCUT2D eigenvalue weighted by molar-refractivity contribution is 0.0158. The predicted octanol–water partition coefficient (Wildman–Crippen LogP) is 1.50. The molecule has 1 aromatic heterocycles. The molecule has 1 saturated heterocycles. The zero-order valence-corrected chi connectivity index (χ0v) is 12.8. The van der Waals surface area contributed by atoms with Gasteiger partial charge in [0.1, 0.15) is 5.82 Å². The largest absolute Gasteiger partial charge is 0.394 e. The third-order valence-electron chi connectivity index (χ3n) is 3.82. The van der Waals surface area contributed by atoms with Crippen molar-refractivity contribution in [3.8, 4) is 0 Å². The van der Waals surface area contributed by atoms with Gasteiger partial charge in [0, 0.05) is 18.8 Å². The first-order chi connectivity index (χ1) is 10.3. The van der Waals surface area contributed by atoms with Gasteiger partial charge in [0.25, 0.3) is 0 Å². The number of hydrogen-bond acceptors (Lipinski definition) is 5. The molecule has 0 aliphatic carbocycles. The maximum atomic E-state index is 9.40. The number of pyridine rings is 1. The Morgan fingerprint density at radius 2 is 2.05 bits per heavy atom. The second-order valence-corrected chi connectivity index (χ2v) is 5.51. The summed E-state index contributed by atoms with van der Waals surface area (Å²) < 4.78 is 5.59. The van der Waals surface area contributed by atoms with Gasteiger partial charge in [-0.25, -0.2) is 4.98 Å². The van der Waals surface area contributed by atoms with Gasteiger partial charge in [-0.1, -0.05) is 13.3 Å². The maximum absolute atomic E-state index is 9.40. The summed E-state index contributed by atoms with van der Waals surface area (Å²) in [6, 6.07) is 3.97. The molecular weight excluding hydrogens is 268 g/mol. The fourth-order valence-corrected chi connectivity index (χ4v) is 2.74. The van der Waals surface area contributed by atoms with Crippen molar-refractivity contribution in [2.75, 3.05) is 31.2 Å². The molecule has 5 heteroatoms. The van der Waals surface area contributed by atoms with Crippen LogP contribution in [0.15, 0.2) is 12.1 Å². The van der Waals surface area contributed by atoms with Gasteiger partial charge in [0.2, 0.25) is 0 Å². The predicted molar refractivity (Wildman–Crippen MR) is 82.4 cm³/mol. The van der Waals surface area contributed by atoms with Crippen molar-refractivity contribution >= 4 is 5.82 Å². The third-order valence-corrected chi connectivity index (χ3v) is 3.82. The average molecular weight is 294 g/mol. The van der Waals surface area contributed by atoms with Crippen molar-refractivity contribution in [3.05, 3.63) is 23.4 Å². The number of aromatic nitrogens is 1. The molecule has 1 aliphatic rings. The summed E-state index contributed by atoms with van der Waals surface area (Å²) in [5.74, 6) is 0.964. The summed E-state index contributed by atoms with van der Waals surface area (Å²) in [7, 11) is 0. The van der Waals surface area contributed by atoms with Gasteiger partial charge < -0.3 is 19.8 Å². The van der Waals surface area contributed by atoms with E-state index in [9.17, 15) is 5.11 Å². The normalized spacial score (nSPS) is 16.4. The van der Waals surface area contributed by atoms with Crippen LogP contribution in [0.4, 0.5) is 5.82 Å². The third kappa shape index (κ3) is 4.66. The molecule has 1 aromatic rings. The quantitative estimate of drug-likeness (QED) is 0.798. The first-order valence-corrected chi connectivity index (χ1v) is 7.85. The highest BCUT2D eigenvalue weighted by Gasteiger charge is 2.21. The number of rotatable bonds is 7. The van der Waals surface area contributed by atoms with E-state index >= 15 is 0 Å². The highest BCUT2D eigenvalue weighted by atomic mass is 16.5. The molecule has 0 saturated carbocycles. The molecule has 0 aromatic carbocycles. The zero-order valence-electron chi connectivity index (χ0n) is 12.8. The van der Waals surface area contributed by atoms with Crippen LogP contribution in [0.1, 0.15) is 37.4 Å². The molecule has 0 bridgehead atoms. The molecule has 1 fully saturated rings. The van der Waals surface area contributed by atoms with Gasteiger partial charge in [-0.2, -0.15) is 0 Å². The Morgan fingerprint density at radius 3 is 2.67 bits per heavy atom. The SMILES string of the molecule is CCCc1cc(CO)cc(N2CCC(OCCO)CC2)n1. The minimum absolute atomic E-state index is 0.0578. The molecule has 2 N–H and O–H groups in total. The highest BCUT2D eigenvalue weighted by molar-refractivity contribution is 5.43. The van der Waals surface area contributed by atoms with Gasteiger partial charge in [0.15, 0.2) is 0 Å². The van der Waals surface area contributed by atoms with Crippen molar-refractivity contribution in [3.63, 3.8) is 0 Å². The van der Waals surface area contributed by atoms with Gasteiger partial charge in [-0.05, 0) is 37.0 Å². The van der Waals surface area contributed by atoms with E-state index in [-0.39, 0.29) is 19.3 Å². The van der Waals surface area contributed by atoms with Crippen LogP contribution >= 0.6 is 0 Å². The van der Waals surface area contributed by atoms with Crippen molar-refractivity contribution in [2.24, 2.45) is 0 Å². The van der Waals surface area contributed by atoms with E-state index in [2.05, 4.69) is 11.8 Å². The van der Waals surface area contributed by atoms with Crippen LogP contribution in [-0.2, 0) is 17.8 Å². The van der Waals surface area contributed by atoms with Gasteiger partial charge in [-0.3, -0.25) is 0 Å². The van der Waals surface area contributed by atoms with Crippen LogP contribution in [0, 0.1) is 0 Å². The van der Waals surface area contributed by atoms with Crippen LogP contribution in [-0.4, -0.2) is 47.6 Å². The molecule has 2 rings (SSSR count). The van der Waals surface area contributed by atoms with Crippen molar-refractivity contribution in [1.29, 1.82) is 0 Å². The summed E-state index contributed by atoms with van der Waals surface area (Å²) in [5, 5.41) is 18.2. The molecule has 1 aliphatic heterocycles. The van der Waals surface area contributed by atoms with Crippen LogP contribution in [0.2, 0.25) is 0 Å². The second-order valence-electron chi connectivity index (χ2n) is 5.51. The summed E-state index contributed by atoms with van der Waals surface area (Å²) in [6.45, 7) is 4.51. The summed E-state index contributed by atoms with van der Waals surface area (Å²) in [4.78, 5) is 6.98. The van der Waals surface area contributed by atoms with E-state index in [1.807, 2.05) is 12.1 Å². The van der Waals surface area contributed by atoms with Crippen LogP contribution in [0.5, 0.6) is 0 Å². The molecule has 118 valence electrons. The van der Waals surface area contributed by atoms with E-state index in [0.29, 0.717) is 6.61 Å². The molecule has 2 heterocycles. The lowest BCUT2D eigenvalue weighted by Gasteiger charge is -2.33. The molecule has 0 spiro atoms. The Balaban J connectivity index is 2.00. The van der Waals surface area contributed by atoms with E-state index in [0.717, 1.165) is 55.8 Å². The standard InChI is InChI=1S/C16H26N2O3/c1-2-3-14-10-13(12-20)11-16(17-14)18-6-4-15(5-7-18)21-9-8-19/h10-11,15,19-20H,2-9,12H2,1H3. The van der Waals surface area contributed by atoms with Gasteiger partial charge in [0.05, 0.1) is 25.9 Å². The summed E-state index contributed by atoms with van der Waals surface area (Å²) >= 11 is 0. The van der Waals surface area contributed by atoms with E-state index in [1.54, 1.807) is 0 Å². The number of aliphatic hydroxyl groups excluding tert-OH is 2. The smallest absolute Gasteiger partial charge is 0.129 e. The zero-order chi connectivity index (χ0) is 15.1. The Kier molecular flexibility index (Phi) is 6.42. The molecule has 0 atom stereocenters. The Morgan fingerprint density at radius 1 is 1.29 bits per heavy atom. The number of ether oxygens (including phenoxy) is 1. The molecule has 21 heavy (non-hydrogen) atoms. The first kappa shape index (κ1) is 16.2. The topological polar surface area (TPSA) is 65.8 Å². The number of aryl methyl sites for hydroxylation is 1. The molecule has 0 unspecified atom stereocenters. The number of nitrogens with zero attached hydrogens (tertiary/aromatic N) is 2. The highest BCUT2D eigenvalue weighted by Crippen LogP contribution is 2.22. The van der Waals surface area contributed by atoms with Crippen molar-refractivity contribution in [1.82, 2.24) is 4.98 Å². The molecular formula is C16H26N2O3. The fourth-order valence-electron chi connectivity index (χ4n) is 2.74. The maximum Gasteiger partial charge on any atom is 0.129 e. The fraction of sp³-hybridized carbons (Fsp3) is 0.688. The average Bonchev–Trinajstić information content (AvgIpc) is 2.53. The van der Waals surface area contributed by atoms with E-state index in [1.165, 1.54) is 0 Å². The van der Waals surface area contributed by atoms with E-state index in [4.69, 9.17) is 14.8 Å². The second kappa shape index (κ2) is 8.32. The monoisotopic (exact) mass is 294 g/mol. The Labute approximate surface area is 126 Å². The van der Waals surface area contributed by atoms with Crippen LogP contribution in [0.3, 0.4) is 0 Å². The van der Waals surface area contributed by atoms with Crippen molar-refractivity contribution < 1.29 is 14.9 Å². The number of hydrogen-bond donors (Lipinski definition) is 2. The van der Waals surface area contributed by atoms with Crippen LogP contribution in [0.25, 0.3) is 0 Å². The molecule has 5 nitrogen and oxygen atoms in total. The first-order valence-electron chi connectivity index (χ1n) is 7.85. The number of anilines is 1. The molecule has 0 amide bonds. The summed E-state index contributed by atoms with van der Waals surface area (Å²) in [5.41, 5.74) is 1.99.